The highest BCUT2D eigenvalue weighted by Gasteiger charge is 2.13. The third-order valence-electron chi connectivity index (χ3n) is 3.65. The van der Waals surface area contributed by atoms with Crippen LogP contribution in [0.2, 0.25) is 0 Å². The summed E-state index contributed by atoms with van der Waals surface area (Å²) in [5.41, 5.74) is 0.621. The lowest BCUT2D eigenvalue weighted by Gasteiger charge is -2.13. The molecule has 5 nitrogen and oxygen atoms in total. The van der Waals surface area contributed by atoms with Crippen molar-refractivity contribution in [2.75, 3.05) is 10.6 Å². The minimum Gasteiger partial charge on any atom is -0.455 e. The second-order valence-electron chi connectivity index (χ2n) is 5.74. The molecule has 136 valence electrons. The van der Waals surface area contributed by atoms with Gasteiger partial charge in [0.15, 0.2) is 5.75 Å². The van der Waals surface area contributed by atoms with Crippen LogP contribution in [0.15, 0.2) is 72.8 Å². The fourth-order valence-corrected chi connectivity index (χ4v) is 2.42. The number of anilines is 2. The molecule has 2 amide bonds. The Hall–Kier alpha value is -3.67. The van der Waals surface area contributed by atoms with Crippen molar-refractivity contribution in [1.29, 1.82) is 0 Å². The van der Waals surface area contributed by atoms with Crippen LogP contribution in [0, 0.1) is 5.82 Å². The van der Waals surface area contributed by atoms with Gasteiger partial charge < -0.3 is 15.4 Å². The average Bonchev–Trinajstić information content (AvgIpc) is 2.65. The van der Waals surface area contributed by atoms with E-state index in [0.29, 0.717) is 17.2 Å². The summed E-state index contributed by atoms with van der Waals surface area (Å²) in [6.45, 7) is 1.27. The van der Waals surface area contributed by atoms with E-state index in [1.54, 1.807) is 36.4 Å². The second-order valence-corrected chi connectivity index (χ2v) is 5.74. The number of benzene rings is 3. The molecule has 3 rings (SSSR count). The van der Waals surface area contributed by atoms with Gasteiger partial charge in [0.1, 0.15) is 11.6 Å². The predicted octanol–water partition coefficient (Wildman–Crippen LogP) is 4.83. The topological polar surface area (TPSA) is 67.4 Å². The quantitative estimate of drug-likeness (QED) is 0.681. The summed E-state index contributed by atoms with van der Waals surface area (Å²) in [5, 5.41) is 5.11. The fourth-order valence-electron chi connectivity index (χ4n) is 2.42. The van der Waals surface area contributed by atoms with Crippen molar-refractivity contribution >= 4 is 23.2 Å². The van der Waals surface area contributed by atoms with Crippen LogP contribution in [0.3, 0.4) is 0 Å². The Morgan fingerprint density at radius 2 is 1.56 bits per heavy atom. The minimum absolute atomic E-state index is 0.0519. The number of carbonyl (C=O) groups excluding carboxylic acids is 2. The lowest BCUT2D eigenvalue weighted by atomic mass is 10.1. The summed E-state index contributed by atoms with van der Waals surface area (Å²) in [6.07, 6.45) is 0. The van der Waals surface area contributed by atoms with Crippen LogP contribution in [-0.4, -0.2) is 11.8 Å². The van der Waals surface area contributed by atoms with Crippen molar-refractivity contribution in [1.82, 2.24) is 0 Å². The van der Waals surface area contributed by atoms with Crippen molar-refractivity contribution in [2.24, 2.45) is 0 Å². The Morgan fingerprint density at radius 3 is 2.30 bits per heavy atom. The molecule has 0 spiro atoms. The van der Waals surface area contributed by atoms with Crippen molar-refractivity contribution in [3.8, 4) is 11.5 Å². The van der Waals surface area contributed by atoms with Crippen LogP contribution in [0.4, 0.5) is 15.8 Å². The highest BCUT2D eigenvalue weighted by molar-refractivity contribution is 6.06. The van der Waals surface area contributed by atoms with Crippen molar-refractivity contribution in [3.63, 3.8) is 0 Å². The molecule has 0 fully saturated rings. The van der Waals surface area contributed by atoms with E-state index in [1.165, 1.54) is 19.1 Å². The number of para-hydroxylation sites is 3. The maximum Gasteiger partial charge on any atom is 0.255 e. The van der Waals surface area contributed by atoms with E-state index in [4.69, 9.17) is 4.74 Å². The van der Waals surface area contributed by atoms with E-state index < -0.39 is 17.6 Å². The molecule has 3 aromatic rings. The molecule has 0 bridgehead atoms. The minimum atomic E-state index is -0.616. The SMILES string of the molecule is CC(=O)Nc1cc(C(=O)Nc2ccccc2Oc2ccccc2)ccc1F. The standard InChI is InChI=1S/C21H17FN2O3/c1-14(25)23-19-13-15(11-12-17(19)22)21(26)24-18-9-5-6-10-20(18)27-16-7-3-2-4-8-16/h2-13H,1H3,(H,23,25)(H,24,26). The first kappa shape index (κ1) is 18.1. The van der Waals surface area contributed by atoms with Crippen molar-refractivity contribution < 1.29 is 18.7 Å². The number of hydrogen-bond donors (Lipinski definition) is 2. The highest BCUT2D eigenvalue weighted by Crippen LogP contribution is 2.29. The van der Waals surface area contributed by atoms with Crippen LogP contribution in [0.1, 0.15) is 17.3 Å². The molecule has 0 atom stereocenters. The van der Waals surface area contributed by atoms with Crippen LogP contribution >= 0.6 is 0 Å². The first-order chi connectivity index (χ1) is 13.0. The van der Waals surface area contributed by atoms with Gasteiger partial charge in [-0.15, -0.1) is 0 Å². The van der Waals surface area contributed by atoms with Crippen LogP contribution in [0.25, 0.3) is 0 Å². The van der Waals surface area contributed by atoms with Gasteiger partial charge >= 0.3 is 0 Å². The number of amides is 2. The van der Waals surface area contributed by atoms with Gasteiger partial charge in [-0.05, 0) is 42.5 Å². The number of hydrogen-bond acceptors (Lipinski definition) is 3. The zero-order valence-corrected chi connectivity index (χ0v) is 14.5. The predicted molar refractivity (Wildman–Crippen MR) is 102 cm³/mol. The molecule has 0 radical (unpaired) electrons. The van der Waals surface area contributed by atoms with Crippen LogP contribution < -0.4 is 15.4 Å². The molecule has 3 aromatic carbocycles. The molecule has 0 aromatic heterocycles. The van der Waals surface area contributed by atoms with Crippen molar-refractivity contribution in [3.05, 3.63) is 84.2 Å². The zero-order chi connectivity index (χ0) is 19.2. The first-order valence-electron chi connectivity index (χ1n) is 8.23. The lowest BCUT2D eigenvalue weighted by Crippen LogP contribution is -2.14. The maximum atomic E-state index is 13.8. The highest BCUT2D eigenvalue weighted by atomic mass is 19.1. The largest absolute Gasteiger partial charge is 0.455 e. The van der Waals surface area contributed by atoms with Gasteiger partial charge in [-0.2, -0.15) is 0 Å². The van der Waals surface area contributed by atoms with Gasteiger partial charge in [0.25, 0.3) is 5.91 Å². The Morgan fingerprint density at radius 1 is 0.852 bits per heavy atom. The van der Waals surface area contributed by atoms with E-state index in [2.05, 4.69) is 10.6 Å². The van der Waals surface area contributed by atoms with Gasteiger partial charge in [0.2, 0.25) is 5.91 Å². The Kier molecular flexibility index (Phi) is 5.47. The van der Waals surface area contributed by atoms with Crippen molar-refractivity contribution in [2.45, 2.75) is 6.92 Å². The van der Waals surface area contributed by atoms with Gasteiger partial charge in [0, 0.05) is 12.5 Å². The third-order valence-corrected chi connectivity index (χ3v) is 3.65. The summed E-state index contributed by atoms with van der Waals surface area (Å²) in [5.74, 6) is -0.386. The van der Waals surface area contributed by atoms with Crippen LogP contribution in [0.5, 0.6) is 11.5 Å². The van der Waals surface area contributed by atoms with Gasteiger partial charge in [-0.25, -0.2) is 4.39 Å². The monoisotopic (exact) mass is 364 g/mol. The molecule has 0 aliphatic carbocycles. The van der Waals surface area contributed by atoms with E-state index in [9.17, 15) is 14.0 Å². The summed E-state index contributed by atoms with van der Waals surface area (Å²) in [7, 11) is 0. The van der Waals surface area contributed by atoms with Gasteiger partial charge in [-0.1, -0.05) is 30.3 Å². The number of nitrogens with one attached hydrogen (secondary N) is 2. The molecule has 0 aliphatic rings. The van der Waals surface area contributed by atoms with E-state index in [0.717, 1.165) is 6.07 Å². The summed E-state index contributed by atoms with van der Waals surface area (Å²) >= 11 is 0. The number of ether oxygens (including phenoxy) is 1. The second kappa shape index (κ2) is 8.14. The Balaban J connectivity index is 1.81. The van der Waals surface area contributed by atoms with Crippen LogP contribution in [-0.2, 0) is 4.79 Å². The number of carbonyl (C=O) groups is 2. The Bertz CT molecular complexity index is 974. The molecule has 0 aliphatic heterocycles. The van der Waals surface area contributed by atoms with Gasteiger partial charge in [-0.3, -0.25) is 9.59 Å². The Labute approximate surface area is 155 Å². The molecular weight excluding hydrogens is 347 g/mol. The normalized spacial score (nSPS) is 10.1. The number of rotatable bonds is 5. The molecule has 27 heavy (non-hydrogen) atoms. The molecule has 2 N–H and O–H groups in total. The first-order valence-corrected chi connectivity index (χ1v) is 8.23. The summed E-state index contributed by atoms with van der Waals surface area (Å²) in [4.78, 5) is 23.7. The summed E-state index contributed by atoms with van der Waals surface area (Å²) in [6, 6.07) is 19.9. The molecule has 6 heteroatoms. The fraction of sp³-hybridized carbons (Fsp3) is 0.0476. The average molecular weight is 364 g/mol. The summed E-state index contributed by atoms with van der Waals surface area (Å²) < 4.78 is 19.6. The van der Waals surface area contributed by atoms with E-state index >= 15 is 0 Å². The molecule has 0 heterocycles. The van der Waals surface area contributed by atoms with E-state index in [1.807, 2.05) is 18.2 Å². The zero-order valence-electron chi connectivity index (χ0n) is 14.5. The molecule has 0 saturated heterocycles. The lowest BCUT2D eigenvalue weighted by molar-refractivity contribution is -0.114. The molecular formula is C21H17FN2O3. The molecule has 0 unspecified atom stereocenters. The van der Waals surface area contributed by atoms with Gasteiger partial charge in [0.05, 0.1) is 11.4 Å². The maximum absolute atomic E-state index is 13.8. The smallest absolute Gasteiger partial charge is 0.255 e. The molecule has 0 saturated carbocycles. The van der Waals surface area contributed by atoms with E-state index in [-0.39, 0.29) is 11.3 Å². The third kappa shape index (κ3) is 4.70. The number of halogens is 1.